The Morgan fingerprint density at radius 2 is 2.35 bits per heavy atom. The van der Waals surface area contributed by atoms with Crippen LogP contribution in [0.3, 0.4) is 0 Å². The number of nitrogens with zero attached hydrogens (tertiary/aromatic N) is 1. The first-order chi connectivity index (χ1) is 8.18. The molecule has 0 saturated heterocycles. The molecule has 2 heterocycles. The van der Waals surface area contributed by atoms with Crippen molar-refractivity contribution < 1.29 is 9.90 Å². The summed E-state index contributed by atoms with van der Waals surface area (Å²) in [4.78, 5) is 15.6. The Morgan fingerprint density at radius 3 is 3.00 bits per heavy atom. The molecule has 2 N–H and O–H groups in total. The number of amides is 1. The second-order valence-corrected chi connectivity index (χ2v) is 4.42. The summed E-state index contributed by atoms with van der Waals surface area (Å²) in [5.74, 6) is -0.411. The van der Waals surface area contributed by atoms with Gasteiger partial charge < -0.3 is 10.4 Å². The van der Waals surface area contributed by atoms with Crippen LogP contribution >= 0.6 is 11.3 Å². The fourth-order valence-electron chi connectivity index (χ4n) is 1.46. The highest BCUT2D eigenvalue weighted by atomic mass is 32.1. The molecule has 0 radical (unpaired) electrons. The zero-order chi connectivity index (χ0) is 12.3. The lowest BCUT2D eigenvalue weighted by Crippen LogP contribution is -2.26. The molecule has 0 spiro atoms. The molecule has 1 amide bonds. The van der Waals surface area contributed by atoms with Crippen LogP contribution in [0.25, 0.3) is 0 Å². The van der Waals surface area contributed by atoms with Crippen LogP contribution in [0, 0.1) is 0 Å². The molecule has 5 heteroatoms. The fourth-order valence-corrected chi connectivity index (χ4v) is 2.21. The number of carbonyl (C=O) groups is 1. The molecule has 0 aromatic carbocycles. The number of aromatic hydroxyl groups is 1. The maximum atomic E-state index is 11.9. The first kappa shape index (κ1) is 11.6. The summed E-state index contributed by atoms with van der Waals surface area (Å²) in [5, 5.41) is 16.3. The molecule has 2 aromatic rings. The van der Waals surface area contributed by atoms with E-state index >= 15 is 0 Å². The number of aromatic nitrogens is 1. The maximum absolute atomic E-state index is 11.9. The van der Waals surface area contributed by atoms with E-state index in [0.717, 1.165) is 5.56 Å². The van der Waals surface area contributed by atoms with Gasteiger partial charge in [0.1, 0.15) is 5.75 Å². The lowest BCUT2D eigenvalue weighted by molar-refractivity contribution is 0.0937. The fraction of sp³-hybridized carbons (Fsp3) is 0.167. The van der Waals surface area contributed by atoms with Gasteiger partial charge in [0.25, 0.3) is 5.91 Å². The number of hydrogen-bond acceptors (Lipinski definition) is 4. The number of carbonyl (C=O) groups excluding carboxylic acids is 1. The predicted octanol–water partition coefficient (Wildman–Crippen LogP) is 2.34. The van der Waals surface area contributed by atoms with Crippen LogP contribution in [0.2, 0.25) is 0 Å². The Labute approximate surface area is 103 Å². The maximum Gasteiger partial charge on any atom is 0.255 e. The molecular weight excluding hydrogens is 236 g/mol. The minimum absolute atomic E-state index is 0.0821. The van der Waals surface area contributed by atoms with Gasteiger partial charge in [-0.15, -0.1) is 0 Å². The van der Waals surface area contributed by atoms with Gasteiger partial charge in [0, 0.05) is 6.20 Å². The van der Waals surface area contributed by atoms with Gasteiger partial charge in [0.05, 0.1) is 17.8 Å². The molecule has 0 saturated carbocycles. The molecule has 4 nitrogen and oxygen atoms in total. The van der Waals surface area contributed by atoms with Gasteiger partial charge >= 0.3 is 0 Å². The lowest BCUT2D eigenvalue weighted by atomic mass is 10.1. The molecule has 0 aliphatic heterocycles. The van der Waals surface area contributed by atoms with Crippen LogP contribution in [0.4, 0.5) is 0 Å². The third-order valence-corrected chi connectivity index (χ3v) is 3.14. The quantitative estimate of drug-likeness (QED) is 0.876. The van der Waals surface area contributed by atoms with Gasteiger partial charge in [-0.3, -0.25) is 9.78 Å². The third-order valence-electron chi connectivity index (χ3n) is 2.44. The third kappa shape index (κ3) is 2.62. The number of rotatable bonds is 3. The highest BCUT2D eigenvalue weighted by Crippen LogP contribution is 2.18. The number of nitrogens with one attached hydrogen (secondary N) is 1. The molecular formula is C12H12N2O2S. The van der Waals surface area contributed by atoms with E-state index in [2.05, 4.69) is 10.3 Å². The Balaban J connectivity index is 2.10. The summed E-state index contributed by atoms with van der Waals surface area (Å²) < 4.78 is 0. The number of pyridine rings is 1. The first-order valence-electron chi connectivity index (χ1n) is 5.14. The average molecular weight is 248 g/mol. The SMILES string of the molecule is CC(NC(=O)c1ccncc1O)c1ccsc1. The molecule has 0 fully saturated rings. The summed E-state index contributed by atoms with van der Waals surface area (Å²) in [6.07, 6.45) is 2.73. The molecule has 0 bridgehead atoms. The molecule has 0 aliphatic rings. The van der Waals surface area contributed by atoms with Crippen LogP contribution in [0.5, 0.6) is 5.75 Å². The van der Waals surface area contributed by atoms with E-state index in [1.54, 1.807) is 11.3 Å². The van der Waals surface area contributed by atoms with Crippen molar-refractivity contribution >= 4 is 17.2 Å². The van der Waals surface area contributed by atoms with Crippen LogP contribution in [0.1, 0.15) is 28.9 Å². The highest BCUT2D eigenvalue weighted by Gasteiger charge is 2.14. The molecule has 2 aromatic heterocycles. The van der Waals surface area contributed by atoms with E-state index in [4.69, 9.17) is 0 Å². The van der Waals surface area contributed by atoms with Gasteiger partial charge in [0.15, 0.2) is 0 Å². The van der Waals surface area contributed by atoms with Gasteiger partial charge in [-0.25, -0.2) is 0 Å². The van der Waals surface area contributed by atoms with Crippen LogP contribution in [0.15, 0.2) is 35.3 Å². The van der Waals surface area contributed by atoms with Crippen molar-refractivity contribution in [3.05, 3.63) is 46.4 Å². The van der Waals surface area contributed by atoms with Crippen molar-refractivity contribution in [3.63, 3.8) is 0 Å². The molecule has 88 valence electrons. The molecule has 2 rings (SSSR count). The Morgan fingerprint density at radius 1 is 1.53 bits per heavy atom. The molecule has 17 heavy (non-hydrogen) atoms. The van der Waals surface area contributed by atoms with Crippen LogP contribution in [-0.2, 0) is 0 Å². The minimum atomic E-state index is -0.302. The summed E-state index contributed by atoms with van der Waals surface area (Å²) in [7, 11) is 0. The van der Waals surface area contributed by atoms with E-state index in [9.17, 15) is 9.90 Å². The topological polar surface area (TPSA) is 62.2 Å². The molecule has 1 unspecified atom stereocenters. The number of hydrogen-bond donors (Lipinski definition) is 2. The Kier molecular flexibility index (Phi) is 3.39. The zero-order valence-corrected chi connectivity index (χ0v) is 10.1. The van der Waals surface area contributed by atoms with Crippen molar-refractivity contribution in [2.45, 2.75) is 13.0 Å². The largest absolute Gasteiger partial charge is 0.505 e. The van der Waals surface area contributed by atoms with E-state index in [-0.39, 0.29) is 23.3 Å². The standard InChI is InChI=1S/C12H12N2O2S/c1-8(9-3-5-17-7-9)14-12(16)10-2-4-13-6-11(10)15/h2-8,15H,1H3,(H,14,16). The Hall–Kier alpha value is -1.88. The van der Waals surface area contributed by atoms with E-state index < -0.39 is 0 Å². The Bertz CT molecular complexity index is 511. The second-order valence-electron chi connectivity index (χ2n) is 3.64. The lowest BCUT2D eigenvalue weighted by Gasteiger charge is -2.12. The van der Waals surface area contributed by atoms with E-state index in [0.29, 0.717) is 0 Å². The van der Waals surface area contributed by atoms with Gasteiger partial charge in [-0.05, 0) is 35.4 Å². The van der Waals surface area contributed by atoms with Gasteiger partial charge in [0.2, 0.25) is 0 Å². The van der Waals surface area contributed by atoms with E-state index in [1.807, 2.05) is 23.8 Å². The zero-order valence-electron chi connectivity index (χ0n) is 9.25. The molecule has 0 aliphatic carbocycles. The van der Waals surface area contributed by atoms with Crippen molar-refractivity contribution in [1.82, 2.24) is 10.3 Å². The van der Waals surface area contributed by atoms with Gasteiger partial charge in [-0.1, -0.05) is 0 Å². The summed E-state index contributed by atoms with van der Waals surface area (Å²) in [6, 6.07) is 3.37. The summed E-state index contributed by atoms with van der Waals surface area (Å²) in [6.45, 7) is 1.90. The van der Waals surface area contributed by atoms with Crippen molar-refractivity contribution in [2.24, 2.45) is 0 Å². The first-order valence-corrected chi connectivity index (χ1v) is 6.08. The van der Waals surface area contributed by atoms with Crippen LogP contribution < -0.4 is 5.32 Å². The van der Waals surface area contributed by atoms with Gasteiger partial charge in [-0.2, -0.15) is 11.3 Å². The van der Waals surface area contributed by atoms with Crippen molar-refractivity contribution in [3.8, 4) is 5.75 Å². The summed E-state index contributed by atoms with van der Waals surface area (Å²) >= 11 is 1.58. The monoisotopic (exact) mass is 248 g/mol. The minimum Gasteiger partial charge on any atom is -0.505 e. The highest BCUT2D eigenvalue weighted by molar-refractivity contribution is 7.07. The summed E-state index contributed by atoms with van der Waals surface area (Å²) in [5.41, 5.74) is 1.29. The van der Waals surface area contributed by atoms with Crippen molar-refractivity contribution in [1.29, 1.82) is 0 Å². The second kappa shape index (κ2) is 4.97. The van der Waals surface area contributed by atoms with Crippen LogP contribution in [-0.4, -0.2) is 16.0 Å². The predicted molar refractivity (Wildman–Crippen MR) is 66.1 cm³/mol. The van der Waals surface area contributed by atoms with E-state index in [1.165, 1.54) is 18.5 Å². The normalized spacial score (nSPS) is 12.1. The average Bonchev–Trinajstić information content (AvgIpc) is 2.82. The molecule has 1 atom stereocenters. The number of thiophene rings is 1. The smallest absolute Gasteiger partial charge is 0.255 e. The van der Waals surface area contributed by atoms with Crippen molar-refractivity contribution in [2.75, 3.05) is 0 Å².